The van der Waals surface area contributed by atoms with Gasteiger partial charge in [0.15, 0.2) is 6.17 Å². The van der Waals surface area contributed by atoms with Crippen molar-refractivity contribution in [2.24, 2.45) is 0 Å². The second-order valence-electron chi connectivity index (χ2n) is 10.2. The maximum atomic E-state index is 14.2. The second kappa shape index (κ2) is 12.4. The molecule has 1 saturated heterocycles. The van der Waals surface area contributed by atoms with Crippen molar-refractivity contribution in [1.29, 1.82) is 0 Å². The predicted octanol–water partition coefficient (Wildman–Crippen LogP) is 4.95. The molecule has 1 aliphatic rings. The number of sulfonamides is 1. The lowest BCUT2D eigenvalue weighted by Crippen LogP contribution is -2.46. The van der Waals surface area contributed by atoms with E-state index >= 15 is 0 Å². The average Bonchev–Trinajstić information content (AvgIpc) is 3.76. The highest BCUT2D eigenvalue weighted by Crippen LogP contribution is 2.44. The maximum absolute atomic E-state index is 14.2. The van der Waals surface area contributed by atoms with E-state index in [9.17, 15) is 38.2 Å². The summed E-state index contributed by atoms with van der Waals surface area (Å²) in [7, 11) is -4.22. The summed E-state index contributed by atoms with van der Waals surface area (Å²) in [4.78, 5) is 49.1. The Hall–Kier alpha value is -5.18. The van der Waals surface area contributed by atoms with E-state index in [2.05, 4.69) is 4.72 Å². The molecule has 2 amide bonds. The lowest BCUT2D eigenvalue weighted by atomic mass is 10.1. The Kier molecular flexibility index (Phi) is 8.64. The van der Waals surface area contributed by atoms with Gasteiger partial charge in [-0.3, -0.25) is 29.8 Å². The smallest absolute Gasteiger partial charge is 0.271 e. The molecule has 1 heterocycles. The number of non-ortho nitro benzene ring substituents is 2. The van der Waals surface area contributed by atoms with Gasteiger partial charge in [0.1, 0.15) is 6.04 Å². The number of nitro benzene ring substituents is 2. The van der Waals surface area contributed by atoms with Crippen LogP contribution < -0.4 is 4.72 Å². The van der Waals surface area contributed by atoms with Crippen molar-refractivity contribution in [1.82, 2.24) is 14.7 Å². The SMILES string of the molecule is Cc1ccc(S(=O)(=O)N[C@H](Cc2ccccc2)C(=O)N2[C@@H](c3ccc(Cl)cc3)N2C(=O)c2cc([N+](=O)[O-])cc([N+](=O)[O-])c2)cc1. The first-order chi connectivity index (χ1) is 21.4. The molecule has 0 aliphatic carbocycles. The number of hydrazine groups is 1. The molecule has 45 heavy (non-hydrogen) atoms. The summed E-state index contributed by atoms with van der Waals surface area (Å²) in [6, 6.07) is 21.9. The first kappa shape index (κ1) is 31.3. The van der Waals surface area contributed by atoms with E-state index in [0.717, 1.165) is 27.7 Å². The molecule has 0 unspecified atom stereocenters. The molecule has 0 spiro atoms. The Morgan fingerprint density at radius 3 is 2.00 bits per heavy atom. The van der Waals surface area contributed by atoms with Gasteiger partial charge in [-0.15, -0.1) is 0 Å². The van der Waals surface area contributed by atoms with Crippen molar-refractivity contribution in [3.63, 3.8) is 0 Å². The van der Waals surface area contributed by atoms with Crippen LogP contribution >= 0.6 is 11.6 Å². The van der Waals surface area contributed by atoms with Crippen molar-refractivity contribution in [3.8, 4) is 0 Å². The Balaban J connectivity index is 1.55. The number of aryl methyl sites for hydroxylation is 1. The number of carbonyl (C=O) groups is 2. The summed E-state index contributed by atoms with van der Waals surface area (Å²) in [6.07, 6.45) is -1.15. The van der Waals surface area contributed by atoms with Gasteiger partial charge in [0.2, 0.25) is 10.0 Å². The molecule has 0 bridgehead atoms. The van der Waals surface area contributed by atoms with Gasteiger partial charge in [-0.25, -0.2) is 18.4 Å². The summed E-state index contributed by atoms with van der Waals surface area (Å²) in [6.45, 7) is 1.80. The third-order valence-corrected chi connectivity index (χ3v) is 8.76. The molecule has 15 heteroatoms. The molecule has 2 atom stereocenters. The third kappa shape index (κ3) is 6.82. The number of hydrogen-bond donors (Lipinski definition) is 1. The summed E-state index contributed by atoms with van der Waals surface area (Å²) in [5.41, 5.74) is 0.0768. The molecule has 4 aromatic carbocycles. The number of carbonyl (C=O) groups excluding carboxylic acids is 2. The Labute approximate surface area is 262 Å². The monoisotopic (exact) mass is 649 g/mol. The molecule has 5 rings (SSSR count). The zero-order valence-corrected chi connectivity index (χ0v) is 25.0. The zero-order chi connectivity index (χ0) is 32.5. The summed E-state index contributed by atoms with van der Waals surface area (Å²) in [5.74, 6) is -1.75. The van der Waals surface area contributed by atoms with Crippen LogP contribution in [0.15, 0.2) is 102 Å². The van der Waals surface area contributed by atoms with Gasteiger partial charge in [0.25, 0.3) is 23.2 Å². The minimum Gasteiger partial charge on any atom is -0.271 e. The van der Waals surface area contributed by atoms with E-state index in [1.807, 2.05) is 0 Å². The van der Waals surface area contributed by atoms with Crippen molar-refractivity contribution >= 4 is 44.8 Å². The topological polar surface area (TPSA) is 173 Å². The number of benzene rings is 4. The van der Waals surface area contributed by atoms with Crippen molar-refractivity contribution in [2.45, 2.75) is 30.4 Å². The lowest BCUT2D eigenvalue weighted by Gasteiger charge is -2.19. The fraction of sp³-hybridized carbons (Fsp3) is 0.133. The van der Waals surface area contributed by atoms with E-state index in [0.29, 0.717) is 22.2 Å². The first-order valence-corrected chi connectivity index (χ1v) is 15.2. The van der Waals surface area contributed by atoms with Gasteiger partial charge in [0.05, 0.1) is 26.4 Å². The van der Waals surface area contributed by atoms with Crippen LogP contribution in [-0.4, -0.2) is 46.1 Å². The van der Waals surface area contributed by atoms with Crippen LogP contribution in [0.25, 0.3) is 0 Å². The molecule has 1 fully saturated rings. The number of halogens is 1. The van der Waals surface area contributed by atoms with Gasteiger partial charge in [-0.1, -0.05) is 71.8 Å². The molecule has 4 aromatic rings. The minimum absolute atomic E-state index is 0.0733. The predicted molar refractivity (Wildman–Crippen MR) is 162 cm³/mol. The van der Waals surface area contributed by atoms with E-state index < -0.39 is 60.8 Å². The van der Waals surface area contributed by atoms with Gasteiger partial charge in [-0.2, -0.15) is 4.72 Å². The molecule has 1 aliphatic heterocycles. The quantitative estimate of drug-likeness (QED) is 0.143. The van der Waals surface area contributed by atoms with Crippen LogP contribution in [0.4, 0.5) is 11.4 Å². The molecule has 13 nitrogen and oxygen atoms in total. The van der Waals surface area contributed by atoms with Gasteiger partial charge < -0.3 is 0 Å². The molecule has 0 aromatic heterocycles. The Morgan fingerprint density at radius 1 is 0.867 bits per heavy atom. The molecular weight excluding hydrogens is 626 g/mol. The molecule has 1 N–H and O–H groups in total. The van der Waals surface area contributed by atoms with Crippen molar-refractivity contribution in [2.75, 3.05) is 0 Å². The number of nitro groups is 2. The average molecular weight is 650 g/mol. The van der Waals surface area contributed by atoms with Crippen LogP contribution in [0.5, 0.6) is 0 Å². The normalized spacial score (nSPS) is 14.9. The standard InChI is InChI=1S/C30H24ClN5O8S/c1-19-7-13-26(14-8-19)45(43,44)32-27(15-20-5-3-2-4-6-20)30(38)34-28(21-9-11-23(31)12-10-21)33(34)29(37)22-16-24(35(39)40)18-25(17-22)36(41)42/h2-14,16-18,27-28,32H,15H2,1H3/t27-,28+,33?,34?/m1/s1. The largest absolute Gasteiger partial charge is 0.277 e. The second-order valence-corrected chi connectivity index (χ2v) is 12.3. The van der Waals surface area contributed by atoms with Crippen LogP contribution in [0.3, 0.4) is 0 Å². The van der Waals surface area contributed by atoms with Crippen molar-refractivity contribution < 1.29 is 27.9 Å². The first-order valence-electron chi connectivity index (χ1n) is 13.3. The summed E-state index contributed by atoms with van der Waals surface area (Å²) < 4.78 is 29.3. The number of hydrogen-bond acceptors (Lipinski definition) is 8. The minimum atomic E-state index is -4.22. The highest BCUT2D eigenvalue weighted by Gasteiger charge is 2.55. The summed E-state index contributed by atoms with van der Waals surface area (Å²) in [5, 5.41) is 25.3. The van der Waals surface area contributed by atoms with Crippen LogP contribution in [0.1, 0.15) is 33.2 Å². The molecule has 0 saturated carbocycles. The van der Waals surface area contributed by atoms with E-state index in [4.69, 9.17) is 11.6 Å². The fourth-order valence-corrected chi connectivity index (χ4v) is 6.06. The Morgan fingerprint density at radius 2 is 1.44 bits per heavy atom. The number of rotatable bonds is 10. The fourth-order valence-electron chi connectivity index (χ4n) is 4.75. The van der Waals surface area contributed by atoms with Crippen LogP contribution in [-0.2, 0) is 21.2 Å². The zero-order valence-electron chi connectivity index (χ0n) is 23.4. The van der Waals surface area contributed by atoms with Crippen LogP contribution in [0.2, 0.25) is 5.02 Å². The van der Waals surface area contributed by atoms with E-state index in [1.54, 1.807) is 61.5 Å². The molecular formula is C30H24ClN5O8S. The highest BCUT2D eigenvalue weighted by atomic mass is 35.5. The van der Waals surface area contributed by atoms with Crippen molar-refractivity contribution in [3.05, 3.63) is 145 Å². The number of nitrogens with one attached hydrogen (secondary N) is 1. The van der Waals surface area contributed by atoms with Gasteiger partial charge in [0, 0.05) is 17.2 Å². The Bertz CT molecular complexity index is 1870. The van der Waals surface area contributed by atoms with Crippen LogP contribution in [0, 0.1) is 27.2 Å². The lowest BCUT2D eigenvalue weighted by molar-refractivity contribution is -0.394. The van der Waals surface area contributed by atoms with E-state index in [1.165, 1.54) is 24.3 Å². The van der Waals surface area contributed by atoms with Gasteiger partial charge in [-0.05, 0) is 48.7 Å². The van der Waals surface area contributed by atoms with Gasteiger partial charge >= 0.3 is 0 Å². The molecule has 0 radical (unpaired) electrons. The summed E-state index contributed by atoms with van der Waals surface area (Å²) >= 11 is 6.04. The number of amides is 2. The highest BCUT2D eigenvalue weighted by molar-refractivity contribution is 7.89. The molecule has 230 valence electrons. The van der Waals surface area contributed by atoms with E-state index in [-0.39, 0.29) is 11.3 Å². The number of nitrogens with zero attached hydrogens (tertiary/aromatic N) is 4. The third-order valence-electron chi connectivity index (χ3n) is 7.02. The maximum Gasteiger partial charge on any atom is 0.277 e.